The maximum absolute atomic E-state index is 12.2. The fourth-order valence-corrected chi connectivity index (χ4v) is 3.23. The number of benzene rings is 2. The third-order valence-corrected chi connectivity index (χ3v) is 4.94. The number of ether oxygens (including phenoxy) is 1. The molecule has 0 aromatic heterocycles. The number of hydrogen-bond acceptors (Lipinski definition) is 6. The third-order valence-electron chi connectivity index (χ3n) is 3.46. The first-order valence-corrected chi connectivity index (χ1v) is 9.57. The zero-order valence-corrected chi connectivity index (χ0v) is 15.4. The maximum atomic E-state index is 12.2. The number of nitro groups is 1. The normalized spacial score (nSPS) is 11.0. The lowest BCUT2D eigenvalue weighted by Gasteiger charge is -2.11. The average molecular weight is 393 g/mol. The van der Waals surface area contributed by atoms with E-state index in [4.69, 9.17) is 4.74 Å². The summed E-state index contributed by atoms with van der Waals surface area (Å²) in [5.74, 6) is 0.147. The molecule has 0 heterocycles. The lowest BCUT2D eigenvalue weighted by atomic mass is 10.3. The van der Waals surface area contributed by atoms with Crippen LogP contribution in [0.25, 0.3) is 0 Å². The first kappa shape index (κ1) is 20.3. The smallest absolute Gasteiger partial charge is 0.269 e. The third kappa shape index (κ3) is 5.76. The fourth-order valence-electron chi connectivity index (χ4n) is 2.19. The summed E-state index contributed by atoms with van der Waals surface area (Å²) in [6, 6.07) is 11.4. The van der Waals surface area contributed by atoms with Crippen molar-refractivity contribution in [1.82, 2.24) is 4.72 Å². The standard InChI is InChI=1S/C17H19N3O6S/c1-2-26-16-6-4-3-5-15(16)19-17(21)11-12-18-27(24,25)14-9-7-13(8-10-14)20(22)23/h3-10,18H,2,11-12H2,1H3,(H,19,21). The SMILES string of the molecule is CCOc1ccccc1NC(=O)CCNS(=O)(=O)c1ccc([N+](=O)[O-])cc1. The molecule has 0 saturated heterocycles. The van der Waals surface area contributed by atoms with Gasteiger partial charge >= 0.3 is 0 Å². The lowest BCUT2D eigenvalue weighted by molar-refractivity contribution is -0.384. The van der Waals surface area contributed by atoms with Gasteiger partial charge in [0.25, 0.3) is 5.69 Å². The topological polar surface area (TPSA) is 128 Å². The van der Waals surface area contributed by atoms with Gasteiger partial charge in [-0.3, -0.25) is 14.9 Å². The van der Waals surface area contributed by atoms with Gasteiger partial charge in [0.2, 0.25) is 15.9 Å². The van der Waals surface area contributed by atoms with Crippen molar-refractivity contribution < 1.29 is 22.9 Å². The Morgan fingerprint density at radius 1 is 1.15 bits per heavy atom. The van der Waals surface area contributed by atoms with E-state index in [1.807, 2.05) is 6.92 Å². The minimum Gasteiger partial charge on any atom is -0.492 e. The number of non-ortho nitro benzene ring substituents is 1. The molecule has 2 aromatic carbocycles. The van der Waals surface area contributed by atoms with Gasteiger partial charge in [-0.1, -0.05) is 12.1 Å². The average Bonchev–Trinajstić information content (AvgIpc) is 2.63. The highest BCUT2D eigenvalue weighted by atomic mass is 32.2. The Morgan fingerprint density at radius 3 is 2.44 bits per heavy atom. The molecule has 2 rings (SSSR count). The number of nitrogens with one attached hydrogen (secondary N) is 2. The van der Waals surface area contributed by atoms with Crippen molar-refractivity contribution in [2.45, 2.75) is 18.2 Å². The second-order valence-corrected chi connectivity index (χ2v) is 7.14. The molecule has 0 bridgehead atoms. The van der Waals surface area contributed by atoms with E-state index in [2.05, 4.69) is 10.0 Å². The van der Waals surface area contributed by atoms with E-state index in [0.29, 0.717) is 18.0 Å². The maximum Gasteiger partial charge on any atom is 0.269 e. The second-order valence-electron chi connectivity index (χ2n) is 5.38. The van der Waals surface area contributed by atoms with E-state index < -0.39 is 14.9 Å². The summed E-state index contributed by atoms with van der Waals surface area (Å²) >= 11 is 0. The van der Waals surface area contributed by atoms with Crippen LogP contribution >= 0.6 is 0 Å². The number of carbonyl (C=O) groups excluding carboxylic acids is 1. The number of carbonyl (C=O) groups is 1. The largest absolute Gasteiger partial charge is 0.492 e. The van der Waals surface area contributed by atoms with E-state index in [0.717, 1.165) is 24.3 Å². The summed E-state index contributed by atoms with van der Waals surface area (Å²) in [5, 5.41) is 13.3. The zero-order chi connectivity index (χ0) is 19.9. The number of sulfonamides is 1. The van der Waals surface area contributed by atoms with Crippen molar-refractivity contribution in [1.29, 1.82) is 0 Å². The molecule has 1 amide bonds. The number of amides is 1. The first-order chi connectivity index (χ1) is 12.8. The highest BCUT2D eigenvalue weighted by Crippen LogP contribution is 2.23. The molecular formula is C17H19N3O6S. The Hall–Kier alpha value is -2.98. The molecule has 0 atom stereocenters. The minimum absolute atomic E-state index is 0.0906. The van der Waals surface area contributed by atoms with Gasteiger partial charge in [-0.15, -0.1) is 0 Å². The van der Waals surface area contributed by atoms with E-state index in [1.54, 1.807) is 24.3 Å². The molecule has 0 fully saturated rings. The van der Waals surface area contributed by atoms with Crippen LogP contribution in [0, 0.1) is 10.1 Å². The Bertz CT molecular complexity index is 913. The van der Waals surface area contributed by atoms with E-state index in [1.165, 1.54) is 0 Å². The lowest BCUT2D eigenvalue weighted by Crippen LogP contribution is -2.27. The molecule has 0 radical (unpaired) electrons. The van der Waals surface area contributed by atoms with Gasteiger partial charge in [-0.2, -0.15) is 0 Å². The molecule has 2 aromatic rings. The van der Waals surface area contributed by atoms with Gasteiger partial charge in [0.15, 0.2) is 0 Å². The molecule has 0 aliphatic rings. The zero-order valence-electron chi connectivity index (χ0n) is 14.5. The number of nitro benzene ring substituents is 1. The predicted octanol–water partition coefficient (Wildman–Crippen LogP) is 2.30. The van der Waals surface area contributed by atoms with Gasteiger partial charge in [-0.05, 0) is 31.2 Å². The highest BCUT2D eigenvalue weighted by Gasteiger charge is 2.16. The molecule has 144 valence electrons. The van der Waals surface area contributed by atoms with Crippen LogP contribution in [0.3, 0.4) is 0 Å². The van der Waals surface area contributed by atoms with Gasteiger partial charge < -0.3 is 10.1 Å². The Balaban J connectivity index is 1.91. The molecule has 0 aliphatic carbocycles. The molecule has 0 aliphatic heterocycles. The Morgan fingerprint density at radius 2 is 1.81 bits per heavy atom. The minimum atomic E-state index is -3.87. The number of nitrogens with zero attached hydrogens (tertiary/aromatic N) is 1. The molecule has 2 N–H and O–H groups in total. The molecule has 0 unspecified atom stereocenters. The van der Waals surface area contributed by atoms with Gasteiger partial charge in [-0.25, -0.2) is 13.1 Å². The molecular weight excluding hydrogens is 374 g/mol. The van der Waals surface area contributed by atoms with Gasteiger partial charge in [0.1, 0.15) is 5.75 Å². The van der Waals surface area contributed by atoms with Crippen molar-refractivity contribution in [2.75, 3.05) is 18.5 Å². The van der Waals surface area contributed by atoms with E-state index in [-0.39, 0.29) is 29.5 Å². The van der Waals surface area contributed by atoms with Gasteiger partial charge in [0.05, 0.1) is 22.1 Å². The van der Waals surface area contributed by atoms with Crippen LogP contribution in [0.2, 0.25) is 0 Å². The monoisotopic (exact) mass is 393 g/mol. The molecule has 10 heteroatoms. The quantitative estimate of drug-likeness (QED) is 0.497. The summed E-state index contributed by atoms with van der Waals surface area (Å²) < 4.78 is 32.0. The van der Waals surface area contributed by atoms with Crippen LogP contribution in [0.4, 0.5) is 11.4 Å². The molecule has 0 saturated carbocycles. The van der Waals surface area contributed by atoms with Crippen LogP contribution in [-0.4, -0.2) is 32.4 Å². The number of para-hydroxylation sites is 2. The van der Waals surface area contributed by atoms with Crippen LogP contribution in [0.15, 0.2) is 53.4 Å². The number of rotatable bonds is 9. The summed E-state index contributed by atoms with van der Waals surface area (Å²) in [7, 11) is -3.87. The fraction of sp³-hybridized carbons (Fsp3) is 0.235. The Kier molecular flexibility index (Phi) is 6.85. The summed E-state index contributed by atoms with van der Waals surface area (Å²) in [5.41, 5.74) is 0.295. The van der Waals surface area contributed by atoms with Crippen LogP contribution in [0.5, 0.6) is 5.75 Å². The number of hydrogen-bond donors (Lipinski definition) is 2. The summed E-state index contributed by atoms with van der Waals surface area (Å²) in [6.45, 7) is 2.15. The van der Waals surface area contributed by atoms with E-state index >= 15 is 0 Å². The Labute approximate surface area is 156 Å². The van der Waals surface area contributed by atoms with Crippen LogP contribution in [-0.2, 0) is 14.8 Å². The predicted molar refractivity (Wildman–Crippen MR) is 99.1 cm³/mol. The van der Waals surface area contributed by atoms with Crippen LogP contribution in [0.1, 0.15) is 13.3 Å². The first-order valence-electron chi connectivity index (χ1n) is 8.09. The van der Waals surface area contributed by atoms with Gasteiger partial charge in [0, 0.05) is 25.1 Å². The van der Waals surface area contributed by atoms with Crippen molar-refractivity contribution in [3.8, 4) is 5.75 Å². The highest BCUT2D eigenvalue weighted by molar-refractivity contribution is 7.89. The van der Waals surface area contributed by atoms with Crippen LogP contribution < -0.4 is 14.8 Å². The van der Waals surface area contributed by atoms with Crippen molar-refractivity contribution in [3.05, 3.63) is 58.6 Å². The van der Waals surface area contributed by atoms with Crippen molar-refractivity contribution in [2.24, 2.45) is 0 Å². The summed E-state index contributed by atoms with van der Waals surface area (Å²) in [6.07, 6.45) is -0.0906. The molecule has 27 heavy (non-hydrogen) atoms. The second kappa shape index (κ2) is 9.10. The van der Waals surface area contributed by atoms with Crippen molar-refractivity contribution >= 4 is 27.3 Å². The van der Waals surface area contributed by atoms with E-state index in [9.17, 15) is 23.3 Å². The molecule has 0 spiro atoms. The number of anilines is 1. The van der Waals surface area contributed by atoms with Crippen molar-refractivity contribution in [3.63, 3.8) is 0 Å². The molecule has 9 nitrogen and oxygen atoms in total. The summed E-state index contributed by atoms with van der Waals surface area (Å²) in [4.78, 5) is 21.9.